The van der Waals surface area contributed by atoms with E-state index in [-0.39, 0.29) is 23.5 Å². The Morgan fingerprint density at radius 2 is 1.97 bits per heavy atom. The third-order valence-corrected chi connectivity index (χ3v) is 5.18. The molecular weight excluding hydrogens is 384 g/mol. The van der Waals surface area contributed by atoms with Gasteiger partial charge in [0.2, 0.25) is 5.82 Å². The molecular formula is C20H21F2N3O4. The second-order valence-corrected chi connectivity index (χ2v) is 6.91. The molecule has 0 unspecified atom stereocenters. The van der Waals surface area contributed by atoms with Crippen LogP contribution in [0.5, 0.6) is 5.75 Å². The summed E-state index contributed by atoms with van der Waals surface area (Å²) in [5.74, 6) is -4.39. The zero-order valence-corrected chi connectivity index (χ0v) is 16.1. The van der Waals surface area contributed by atoms with Crippen molar-refractivity contribution in [1.29, 1.82) is 0 Å². The number of hydrogen-bond acceptors (Lipinski definition) is 5. The van der Waals surface area contributed by atoms with Crippen LogP contribution in [-0.4, -0.2) is 36.1 Å². The van der Waals surface area contributed by atoms with Gasteiger partial charge >= 0.3 is 0 Å². The monoisotopic (exact) mass is 405 g/mol. The molecule has 2 amide bonds. The highest BCUT2D eigenvalue weighted by Gasteiger charge is 2.46. The number of carbonyl (C=O) groups excluding carboxylic acids is 2. The predicted molar refractivity (Wildman–Crippen MR) is 101 cm³/mol. The van der Waals surface area contributed by atoms with Crippen LogP contribution in [0, 0.1) is 17.6 Å². The molecule has 7 nitrogen and oxygen atoms in total. The van der Waals surface area contributed by atoms with Crippen LogP contribution in [0.2, 0.25) is 0 Å². The van der Waals surface area contributed by atoms with Gasteiger partial charge in [-0.05, 0) is 31.0 Å². The van der Waals surface area contributed by atoms with E-state index in [2.05, 4.69) is 10.3 Å². The number of nitrogens with two attached hydrogens (primary N) is 1. The third kappa shape index (κ3) is 3.91. The van der Waals surface area contributed by atoms with Gasteiger partial charge in [0, 0.05) is 23.4 Å². The Morgan fingerprint density at radius 1 is 1.24 bits per heavy atom. The number of benzene rings is 1. The quantitative estimate of drug-likeness (QED) is 0.796. The van der Waals surface area contributed by atoms with Crippen LogP contribution in [0.25, 0.3) is 0 Å². The Morgan fingerprint density at radius 3 is 2.62 bits per heavy atom. The molecule has 3 rings (SSSR count). The molecule has 1 fully saturated rings. The molecule has 0 saturated carbocycles. The SMILES string of the molecule is COc1c([C@H]2[C@H](C)[C@@H](C)O[C@H]2C(=O)Nc2ccnc(C(N)=O)c2)ccc(F)c1F. The maximum absolute atomic E-state index is 14.2. The number of aromatic nitrogens is 1. The minimum atomic E-state index is -1.11. The van der Waals surface area contributed by atoms with Gasteiger partial charge in [-0.1, -0.05) is 13.0 Å². The van der Waals surface area contributed by atoms with E-state index in [4.69, 9.17) is 15.2 Å². The van der Waals surface area contributed by atoms with Crippen molar-refractivity contribution in [2.45, 2.75) is 32.0 Å². The van der Waals surface area contributed by atoms with Crippen LogP contribution >= 0.6 is 0 Å². The molecule has 0 spiro atoms. The highest BCUT2D eigenvalue weighted by molar-refractivity contribution is 5.97. The second kappa shape index (κ2) is 8.12. The maximum atomic E-state index is 14.2. The Bertz CT molecular complexity index is 953. The first-order chi connectivity index (χ1) is 13.7. The van der Waals surface area contributed by atoms with Crippen LogP contribution in [0.4, 0.5) is 14.5 Å². The van der Waals surface area contributed by atoms with E-state index in [9.17, 15) is 18.4 Å². The molecule has 0 aliphatic carbocycles. The summed E-state index contributed by atoms with van der Waals surface area (Å²) < 4.78 is 38.8. The molecule has 3 N–H and O–H groups in total. The summed E-state index contributed by atoms with van der Waals surface area (Å²) in [6, 6.07) is 5.24. The third-order valence-electron chi connectivity index (χ3n) is 5.18. The molecule has 2 aromatic rings. The summed E-state index contributed by atoms with van der Waals surface area (Å²) in [6.07, 6.45) is 0.0444. The zero-order chi connectivity index (χ0) is 21.3. The van der Waals surface area contributed by atoms with Gasteiger partial charge in [-0.2, -0.15) is 4.39 Å². The van der Waals surface area contributed by atoms with Gasteiger partial charge in [0.05, 0.1) is 13.2 Å². The lowest BCUT2D eigenvalue weighted by atomic mass is 9.82. The highest BCUT2D eigenvalue weighted by atomic mass is 19.2. The van der Waals surface area contributed by atoms with Crippen LogP contribution in [0.3, 0.4) is 0 Å². The first kappa shape index (κ1) is 20.7. The number of amides is 2. The number of carbonyl (C=O) groups is 2. The number of nitrogens with one attached hydrogen (secondary N) is 1. The summed E-state index contributed by atoms with van der Waals surface area (Å²) in [4.78, 5) is 28.1. The van der Waals surface area contributed by atoms with Gasteiger partial charge in [0.1, 0.15) is 11.8 Å². The molecule has 1 aromatic carbocycles. The van der Waals surface area contributed by atoms with Gasteiger partial charge in [-0.3, -0.25) is 14.6 Å². The van der Waals surface area contributed by atoms with E-state index in [0.29, 0.717) is 11.3 Å². The van der Waals surface area contributed by atoms with E-state index < -0.39 is 35.5 Å². The lowest BCUT2D eigenvalue weighted by Gasteiger charge is -2.23. The lowest BCUT2D eigenvalue weighted by molar-refractivity contribution is -0.127. The molecule has 9 heteroatoms. The van der Waals surface area contributed by atoms with E-state index in [0.717, 1.165) is 6.07 Å². The van der Waals surface area contributed by atoms with Crippen molar-refractivity contribution in [3.8, 4) is 5.75 Å². The van der Waals surface area contributed by atoms with E-state index in [1.807, 2.05) is 6.92 Å². The maximum Gasteiger partial charge on any atom is 0.267 e. The second-order valence-electron chi connectivity index (χ2n) is 6.91. The smallest absolute Gasteiger partial charge is 0.267 e. The van der Waals surface area contributed by atoms with Crippen molar-refractivity contribution in [3.63, 3.8) is 0 Å². The largest absolute Gasteiger partial charge is 0.493 e. The van der Waals surface area contributed by atoms with Crippen LogP contribution in [0.15, 0.2) is 30.5 Å². The van der Waals surface area contributed by atoms with Crippen molar-refractivity contribution in [3.05, 3.63) is 53.4 Å². The molecule has 154 valence electrons. The van der Waals surface area contributed by atoms with Crippen LogP contribution in [-0.2, 0) is 9.53 Å². The zero-order valence-electron chi connectivity index (χ0n) is 16.1. The normalized spacial score (nSPS) is 23.6. The minimum Gasteiger partial charge on any atom is -0.493 e. The number of ether oxygens (including phenoxy) is 2. The standard InChI is InChI=1S/C20H21F2N3O4/c1-9-10(2)29-18(15(9)12-4-5-13(21)16(22)17(12)28-3)20(27)25-11-6-7-24-14(8-11)19(23)26/h4-10,15,18H,1-3H3,(H2,23,26)(H,24,25,27)/t9-,10-,15-,18-/m1/s1. The number of hydrogen-bond donors (Lipinski definition) is 2. The van der Waals surface area contributed by atoms with Gasteiger partial charge in [-0.15, -0.1) is 0 Å². The minimum absolute atomic E-state index is 0.00398. The number of halogens is 2. The van der Waals surface area contributed by atoms with E-state index >= 15 is 0 Å². The average molecular weight is 405 g/mol. The van der Waals surface area contributed by atoms with Crippen LogP contribution in [0.1, 0.15) is 35.8 Å². The Balaban J connectivity index is 1.94. The van der Waals surface area contributed by atoms with E-state index in [1.165, 1.54) is 31.5 Å². The molecule has 1 saturated heterocycles. The molecule has 1 aliphatic heterocycles. The molecule has 2 heterocycles. The van der Waals surface area contributed by atoms with Gasteiger partial charge in [0.25, 0.3) is 11.8 Å². The molecule has 0 bridgehead atoms. The fourth-order valence-electron chi connectivity index (χ4n) is 3.55. The first-order valence-corrected chi connectivity index (χ1v) is 8.98. The summed E-state index contributed by atoms with van der Waals surface area (Å²) in [5.41, 5.74) is 5.86. The highest BCUT2D eigenvalue weighted by Crippen LogP contribution is 2.44. The first-order valence-electron chi connectivity index (χ1n) is 8.98. The van der Waals surface area contributed by atoms with Crippen molar-refractivity contribution in [2.24, 2.45) is 11.7 Å². The summed E-state index contributed by atoms with van der Waals surface area (Å²) in [7, 11) is 1.24. The number of nitrogens with zero attached hydrogens (tertiary/aromatic N) is 1. The lowest BCUT2D eigenvalue weighted by Crippen LogP contribution is -2.33. The fourth-order valence-corrected chi connectivity index (χ4v) is 3.55. The molecule has 1 aliphatic rings. The topological polar surface area (TPSA) is 104 Å². The molecule has 0 radical (unpaired) electrons. The summed E-state index contributed by atoms with van der Waals surface area (Å²) in [5, 5.41) is 2.66. The Hall–Kier alpha value is -3.07. The number of primary amides is 1. The van der Waals surface area contributed by atoms with Crippen molar-refractivity contribution in [2.75, 3.05) is 12.4 Å². The molecule has 1 aromatic heterocycles. The summed E-state index contributed by atoms with van der Waals surface area (Å²) in [6.45, 7) is 3.66. The molecule has 29 heavy (non-hydrogen) atoms. The van der Waals surface area contributed by atoms with Gasteiger partial charge in [-0.25, -0.2) is 4.39 Å². The van der Waals surface area contributed by atoms with Crippen molar-refractivity contribution < 1.29 is 27.8 Å². The predicted octanol–water partition coefficient (Wildman–Crippen LogP) is 2.61. The number of rotatable bonds is 5. The Labute approximate surface area is 166 Å². The number of pyridine rings is 1. The van der Waals surface area contributed by atoms with Crippen molar-refractivity contribution >= 4 is 17.5 Å². The average Bonchev–Trinajstić information content (AvgIpc) is 2.99. The van der Waals surface area contributed by atoms with Gasteiger partial charge < -0.3 is 20.5 Å². The number of methoxy groups -OCH3 is 1. The van der Waals surface area contributed by atoms with Gasteiger partial charge in [0.15, 0.2) is 11.6 Å². The van der Waals surface area contributed by atoms with E-state index in [1.54, 1.807) is 6.92 Å². The number of anilines is 1. The fraction of sp³-hybridized carbons (Fsp3) is 0.350. The Kier molecular flexibility index (Phi) is 5.78. The van der Waals surface area contributed by atoms with Crippen molar-refractivity contribution in [1.82, 2.24) is 4.98 Å². The molecule has 4 atom stereocenters. The summed E-state index contributed by atoms with van der Waals surface area (Å²) >= 11 is 0. The van der Waals surface area contributed by atoms with Crippen LogP contribution < -0.4 is 15.8 Å².